The summed E-state index contributed by atoms with van der Waals surface area (Å²) in [6.45, 7) is 5.12. The Labute approximate surface area is 131 Å². The Morgan fingerprint density at radius 1 is 1.45 bits per heavy atom. The number of nitrogens with zero attached hydrogens (tertiary/aromatic N) is 3. The Morgan fingerprint density at radius 3 is 2.59 bits per heavy atom. The van der Waals surface area contributed by atoms with E-state index in [-0.39, 0.29) is 18.0 Å². The molecule has 0 aromatic carbocycles. The summed E-state index contributed by atoms with van der Waals surface area (Å²) in [5.41, 5.74) is 0. The SMILES string of the molecule is Cc1nccn1[C@H](C)CC(=O)N1CCC(NS(C)(=O)=O)CC1. The van der Waals surface area contributed by atoms with Crippen LogP contribution in [0, 0.1) is 6.92 Å². The van der Waals surface area contributed by atoms with Crippen molar-refractivity contribution < 1.29 is 13.2 Å². The molecule has 0 bridgehead atoms. The van der Waals surface area contributed by atoms with Crippen molar-refractivity contribution in [3.8, 4) is 0 Å². The zero-order valence-corrected chi connectivity index (χ0v) is 14.1. The first kappa shape index (κ1) is 17.0. The molecule has 2 heterocycles. The fourth-order valence-electron chi connectivity index (χ4n) is 2.88. The van der Waals surface area contributed by atoms with Gasteiger partial charge in [0.1, 0.15) is 5.82 Å². The van der Waals surface area contributed by atoms with Crippen LogP contribution in [0.25, 0.3) is 0 Å². The van der Waals surface area contributed by atoms with E-state index in [1.54, 1.807) is 6.20 Å². The maximum atomic E-state index is 12.4. The molecule has 0 aliphatic carbocycles. The Morgan fingerprint density at radius 2 is 2.09 bits per heavy atom. The Kier molecular flexibility index (Phi) is 5.23. The summed E-state index contributed by atoms with van der Waals surface area (Å²) >= 11 is 0. The summed E-state index contributed by atoms with van der Waals surface area (Å²) in [7, 11) is -3.18. The third kappa shape index (κ3) is 4.54. The fraction of sp³-hybridized carbons (Fsp3) is 0.714. The van der Waals surface area contributed by atoms with E-state index in [0.29, 0.717) is 32.4 Å². The van der Waals surface area contributed by atoms with E-state index in [1.807, 2.05) is 29.5 Å². The highest BCUT2D eigenvalue weighted by Gasteiger charge is 2.25. The summed E-state index contributed by atoms with van der Waals surface area (Å²) in [6.07, 6.45) is 6.55. The smallest absolute Gasteiger partial charge is 0.224 e. The van der Waals surface area contributed by atoms with Gasteiger partial charge in [0, 0.05) is 44.0 Å². The lowest BCUT2D eigenvalue weighted by atomic mass is 10.1. The van der Waals surface area contributed by atoms with Crippen LogP contribution in [-0.4, -0.2) is 54.2 Å². The first-order valence-corrected chi connectivity index (χ1v) is 9.40. The molecule has 0 spiro atoms. The summed E-state index contributed by atoms with van der Waals surface area (Å²) in [6, 6.07) is 0.00855. The predicted octanol–water partition coefficient (Wildman–Crippen LogP) is 0.683. The monoisotopic (exact) mass is 328 g/mol. The average Bonchev–Trinajstić information content (AvgIpc) is 2.84. The van der Waals surface area contributed by atoms with Crippen molar-refractivity contribution in [1.29, 1.82) is 0 Å². The number of amides is 1. The minimum Gasteiger partial charge on any atom is -0.343 e. The van der Waals surface area contributed by atoms with Crippen LogP contribution in [0.2, 0.25) is 0 Å². The Balaban J connectivity index is 1.84. The zero-order chi connectivity index (χ0) is 16.3. The molecule has 1 aromatic heterocycles. The molecular formula is C14H24N4O3S. The number of carbonyl (C=O) groups is 1. The van der Waals surface area contributed by atoms with Gasteiger partial charge in [-0.15, -0.1) is 0 Å². The van der Waals surface area contributed by atoms with E-state index in [1.165, 1.54) is 6.26 Å². The number of nitrogens with one attached hydrogen (secondary N) is 1. The molecule has 22 heavy (non-hydrogen) atoms. The third-order valence-electron chi connectivity index (χ3n) is 4.04. The zero-order valence-electron chi connectivity index (χ0n) is 13.3. The summed E-state index contributed by atoms with van der Waals surface area (Å²) < 4.78 is 27.1. The highest BCUT2D eigenvalue weighted by atomic mass is 32.2. The predicted molar refractivity (Wildman–Crippen MR) is 83.9 cm³/mol. The summed E-state index contributed by atoms with van der Waals surface area (Å²) in [4.78, 5) is 18.4. The Hall–Kier alpha value is -1.41. The molecule has 124 valence electrons. The van der Waals surface area contributed by atoms with Crippen molar-refractivity contribution in [2.45, 2.75) is 45.2 Å². The van der Waals surface area contributed by atoms with Crippen molar-refractivity contribution >= 4 is 15.9 Å². The molecule has 1 amide bonds. The van der Waals surface area contributed by atoms with Crippen molar-refractivity contribution in [2.24, 2.45) is 0 Å². The standard InChI is InChI=1S/C14H24N4O3S/c1-11(18-9-6-15-12(18)2)10-14(19)17-7-4-13(5-8-17)16-22(3,20)21/h6,9,11,13,16H,4-5,7-8,10H2,1-3H3/t11-/m1/s1. The second-order valence-corrected chi connectivity index (χ2v) is 7.76. The second-order valence-electron chi connectivity index (χ2n) is 5.98. The van der Waals surface area contributed by atoms with Gasteiger partial charge in [-0.1, -0.05) is 0 Å². The molecule has 0 unspecified atom stereocenters. The van der Waals surface area contributed by atoms with Crippen molar-refractivity contribution in [3.63, 3.8) is 0 Å². The fourth-order valence-corrected chi connectivity index (χ4v) is 3.72. The lowest BCUT2D eigenvalue weighted by Crippen LogP contribution is -2.46. The van der Waals surface area contributed by atoms with Crippen molar-refractivity contribution in [1.82, 2.24) is 19.2 Å². The van der Waals surface area contributed by atoms with Crippen LogP contribution in [0.3, 0.4) is 0 Å². The molecule has 0 radical (unpaired) electrons. The summed E-state index contributed by atoms with van der Waals surface area (Å²) in [5, 5.41) is 0. The van der Waals surface area contributed by atoms with Crippen LogP contribution in [0.1, 0.15) is 38.1 Å². The number of sulfonamides is 1. The molecule has 8 heteroatoms. The number of carbonyl (C=O) groups excluding carboxylic acids is 1. The minimum atomic E-state index is -3.18. The van der Waals surface area contributed by atoms with Crippen LogP contribution < -0.4 is 4.72 Å². The summed E-state index contributed by atoms with van der Waals surface area (Å²) in [5.74, 6) is 1.01. The van der Waals surface area contributed by atoms with Crippen molar-refractivity contribution in [2.75, 3.05) is 19.3 Å². The van der Waals surface area contributed by atoms with E-state index in [0.717, 1.165) is 5.82 Å². The Bertz CT molecular complexity index is 618. The molecule has 1 aromatic rings. The number of hydrogen-bond acceptors (Lipinski definition) is 4. The molecule has 7 nitrogen and oxygen atoms in total. The molecule has 1 saturated heterocycles. The molecule has 1 atom stereocenters. The molecule has 0 saturated carbocycles. The van der Waals surface area contributed by atoms with Crippen LogP contribution >= 0.6 is 0 Å². The number of aromatic nitrogens is 2. The second kappa shape index (κ2) is 6.78. The van der Waals surface area contributed by atoms with Gasteiger partial charge in [-0.05, 0) is 26.7 Å². The van der Waals surface area contributed by atoms with E-state index < -0.39 is 10.0 Å². The van der Waals surface area contributed by atoms with Crippen LogP contribution in [0.15, 0.2) is 12.4 Å². The van der Waals surface area contributed by atoms with E-state index in [4.69, 9.17) is 0 Å². The van der Waals surface area contributed by atoms with Gasteiger partial charge in [0.15, 0.2) is 0 Å². The number of piperidine rings is 1. The number of likely N-dealkylation sites (tertiary alicyclic amines) is 1. The van der Waals surface area contributed by atoms with Gasteiger partial charge in [-0.25, -0.2) is 18.1 Å². The lowest BCUT2D eigenvalue weighted by molar-refractivity contribution is -0.133. The van der Waals surface area contributed by atoms with Crippen LogP contribution in [0.4, 0.5) is 0 Å². The maximum absolute atomic E-state index is 12.4. The first-order valence-electron chi connectivity index (χ1n) is 7.51. The molecule has 1 N–H and O–H groups in total. The van der Waals surface area contributed by atoms with Gasteiger partial charge in [-0.3, -0.25) is 4.79 Å². The largest absolute Gasteiger partial charge is 0.343 e. The van der Waals surface area contributed by atoms with Crippen LogP contribution in [0.5, 0.6) is 0 Å². The van der Waals surface area contributed by atoms with Gasteiger partial charge < -0.3 is 9.47 Å². The van der Waals surface area contributed by atoms with Gasteiger partial charge in [0.05, 0.1) is 6.26 Å². The highest BCUT2D eigenvalue weighted by Crippen LogP contribution is 2.17. The molecule has 1 aliphatic rings. The topological polar surface area (TPSA) is 84.3 Å². The molecule has 1 fully saturated rings. The molecule has 2 rings (SSSR count). The highest BCUT2D eigenvalue weighted by molar-refractivity contribution is 7.88. The van der Waals surface area contributed by atoms with Gasteiger partial charge in [0.2, 0.25) is 15.9 Å². The van der Waals surface area contributed by atoms with Gasteiger partial charge >= 0.3 is 0 Å². The van der Waals surface area contributed by atoms with E-state index in [2.05, 4.69) is 9.71 Å². The van der Waals surface area contributed by atoms with Crippen LogP contribution in [-0.2, 0) is 14.8 Å². The van der Waals surface area contributed by atoms with E-state index in [9.17, 15) is 13.2 Å². The lowest BCUT2D eigenvalue weighted by Gasteiger charge is -2.32. The number of hydrogen-bond donors (Lipinski definition) is 1. The van der Waals surface area contributed by atoms with E-state index >= 15 is 0 Å². The number of aryl methyl sites for hydroxylation is 1. The number of imidazole rings is 1. The van der Waals surface area contributed by atoms with Gasteiger partial charge in [0.25, 0.3) is 0 Å². The average molecular weight is 328 g/mol. The molecular weight excluding hydrogens is 304 g/mol. The maximum Gasteiger partial charge on any atom is 0.224 e. The first-order chi connectivity index (χ1) is 10.3. The molecule has 1 aliphatic heterocycles. The van der Waals surface area contributed by atoms with Gasteiger partial charge in [-0.2, -0.15) is 0 Å². The quantitative estimate of drug-likeness (QED) is 0.861. The third-order valence-corrected chi connectivity index (χ3v) is 4.80. The minimum absolute atomic E-state index is 0.0626. The van der Waals surface area contributed by atoms with Crippen molar-refractivity contribution in [3.05, 3.63) is 18.2 Å². The number of rotatable bonds is 5. The normalized spacial score (nSPS) is 18.4.